The molecule has 0 saturated heterocycles. The van der Waals surface area contributed by atoms with Crippen LogP contribution in [0, 0.1) is 0 Å². The number of carbonyl (C=O) groups excluding carboxylic acids is 1. The summed E-state index contributed by atoms with van der Waals surface area (Å²) in [6.07, 6.45) is 6.39. The Morgan fingerprint density at radius 3 is 2.96 bits per heavy atom. The van der Waals surface area contributed by atoms with E-state index in [4.69, 9.17) is 0 Å². The van der Waals surface area contributed by atoms with Crippen LogP contribution in [-0.2, 0) is 6.42 Å². The Bertz CT molecular complexity index is 704. The standard InChI is InChI=1S/C19H22N2OS/c1-21(2)17(18-8-5-11-23-18)13-20-19(22)16-10-9-14-6-3-4-7-15(14)12-16/h3,5-6,8-12,17H,4,7,13H2,1-2H3,(H,20,22)/t17-/m0/s1. The van der Waals surface area contributed by atoms with Gasteiger partial charge in [-0.1, -0.05) is 24.3 Å². The van der Waals surface area contributed by atoms with Crippen molar-refractivity contribution in [2.45, 2.75) is 18.9 Å². The summed E-state index contributed by atoms with van der Waals surface area (Å²) in [6.45, 7) is 0.614. The minimum atomic E-state index is 0.00533. The van der Waals surface area contributed by atoms with Crippen LogP contribution in [0.1, 0.15) is 38.8 Å². The van der Waals surface area contributed by atoms with Crippen LogP contribution in [0.2, 0.25) is 0 Å². The molecule has 1 amide bonds. The van der Waals surface area contributed by atoms with E-state index < -0.39 is 0 Å². The molecule has 0 radical (unpaired) electrons. The third-order valence-corrected chi connectivity index (χ3v) is 5.21. The molecule has 3 rings (SSSR count). The van der Waals surface area contributed by atoms with Gasteiger partial charge in [-0.3, -0.25) is 4.79 Å². The van der Waals surface area contributed by atoms with Crippen molar-refractivity contribution in [2.75, 3.05) is 20.6 Å². The first kappa shape index (κ1) is 16.0. The summed E-state index contributed by atoms with van der Waals surface area (Å²) in [5.41, 5.74) is 3.25. The summed E-state index contributed by atoms with van der Waals surface area (Å²) in [5.74, 6) is 0.00533. The molecule has 1 aliphatic rings. The van der Waals surface area contributed by atoms with Gasteiger partial charge in [-0.2, -0.15) is 0 Å². The second kappa shape index (κ2) is 7.11. The molecule has 0 bridgehead atoms. The van der Waals surface area contributed by atoms with E-state index >= 15 is 0 Å². The van der Waals surface area contributed by atoms with Gasteiger partial charge in [0.1, 0.15) is 0 Å². The first-order chi connectivity index (χ1) is 11.1. The minimum Gasteiger partial charge on any atom is -0.350 e. The van der Waals surface area contributed by atoms with Crippen LogP contribution in [0.15, 0.2) is 41.8 Å². The zero-order valence-corrected chi connectivity index (χ0v) is 14.4. The number of fused-ring (bicyclic) bond motifs is 1. The van der Waals surface area contributed by atoms with Crippen LogP contribution < -0.4 is 5.32 Å². The van der Waals surface area contributed by atoms with Crippen molar-refractivity contribution in [3.63, 3.8) is 0 Å². The van der Waals surface area contributed by atoms with Gasteiger partial charge in [-0.25, -0.2) is 0 Å². The van der Waals surface area contributed by atoms with Gasteiger partial charge in [0.05, 0.1) is 6.04 Å². The maximum absolute atomic E-state index is 12.5. The molecule has 1 aromatic carbocycles. The molecule has 1 N–H and O–H groups in total. The van der Waals surface area contributed by atoms with Crippen molar-refractivity contribution in [3.05, 3.63) is 63.4 Å². The molecule has 0 aliphatic heterocycles. The van der Waals surface area contributed by atoms with Crippen molar-refractivity contribution in [1.29, 1.82) is 0 Å². The van der Waals surface area contributed by atoms with Crippen LogP contribution in [0.4, 0.5) is 0 Å². The maximum Gasteiger partial charge on any atom is 0.251 e. The SMILES string of the molecule is CN(C)[C@@H](CNC(=O)c1ccc2c(c1)CCC=C2)c1cccs1. The largest absolute Gasteiger partial charge is 0.350 e. The number of allylic oxidation sites excluding steroid dienone is 1. The lowest BCUT2D eigenvalue weighted by Gasteiger charge is -2.23. The van der Waals surface area contributed by atoms with E-state index in [1.165, 1.54) is 16.0 Å². The number of hydrogen-bond acceptors (Lipinski definition) is 3. The topological polar surface area (TPSA) is 32.3 Å². The number of rotatable bonds is 5. The predicted octanol–water partition coefficient (Wildman–Crippen LogP) is 3.74. The fraction of sp³-hybridized carbons (Fsp3) is 0.316. The lowest BCUT2D eigenvalue weighted by molar-refractivity contribution is 0.0942. The number of amides is 1. The van der Waals surface area contributed by atoms with Gasteiger partial charge in [0.2, 0.25) is 0 Å². The fourth-order valence-electron chi connectivity index (χ4n) is 2.89. The Hall–Kier alpha value is -1.91. The first-order valence-corrected chi connectivity index (χ1v) is 8.80. The minimum absolute atomic E-state index is 0.00533. The highest BCUT2D eigenvalue weighted by atomic mass is 32.1. The molecule has 1 aliphatic carbocycles. The molecule has 1 atom stereocenters. The normalized spacial score (nSPS) is 14.6. The van der Waals surface area contributed by atoms with Crippen LogP contribution >= 0.6 is 11.3 Å². The first-order valence-electron chi connectivity index (χ1n) is 7.92. The van der Waals surface area contributed by atoms with Gasteiger partial charge in [-0.15, -0.1) is 11.3 Å². The van der Waals surface area contributed by atoms with E-state index in [1.54, 1.807) is 11.3 Å². The molecule has 23 heavy (non-hydrogen) atoms. The molecule has 3 nitrogen and oxygen atoms in total. The molecule has 1 aromatic heterocycles. The van der Waals surface area contributed by atoms with E-state index in [2.05, 4.69) is 39.9 Å². The number of likely N-dealkylation sites (N-methyl/N-ethyl adjacent to an activating group) is 1. The van der Waals surface area contributed by atoms with Crippen molar-refractivity contribution < 1.29 is 4.79 Å². The quantitative estimate of drug-likeness (QED) is 0.908. The van der Waals surface area contributed by atoms with Crippen LogP contribution in [0.3, 0.4) is 0 Å². The van der Waals surface area contributed by atoms with Crippen molar-refractivity contribution in [2.24, 2.45) is 0 Å². The number of hydrogen-bond donors (Lipinski definition) is 1. The number of carbonyl (C=O) groups is 1. The molecule has 120 valence electrons. The second-order valence-electron chi connectivity index (χ2n) is 6.06. The smallest absolute Gasteiger partial charge is 0.251 e. The summed E-state index contributed by atoms with van der Waals surface area (Å²) in [7, 11) is 4.09. The van der Waals surface area contributed by atoms with Gasteiger partial charge in [0.25, 0.3) is 5.91 Å². The highest BCUT2D eigenvalue weighted by Gasteiger charge is 2.17. The van der Waals surface area contributed by atoms with E-state index in [0.717, 1.165) is 18.4 Å². The van der Waals surface area contributed by atoms with Gasteiger partial charge >= 0.3 is 0 Å². The van der Waals surface area contributed by atoms with Gasteiger partial charge in [-0.05, 0) is 61.6 Å². The highest BCUT2D eigenvalue weighted by Crippen LogP contribution is 2.23. The van der Waals surface area contributed by atoms with Gasteiger partial charge in [0, 0.05) is 17.0 Å². The molecule has 2 aromatic rings. The summed E-state index contributed by atoms with van der Waals surface area (Å²) < 4.78 is 0. The molecular weight excluding hydrogens is 304 g/mol. The van der Waals surface area contributed by atoms with E-state index in [9.17, 15) is 4.79 Å². The Morgan fingerprint density at radius 1 is 1.35 bits per heavy atom. The Labute approximate surface area is 141 Å². The van der Waals surface area contributed by atoms with Crippen molar-refractivity contribution in [3.8, 4) is 0 Å². The molecule has 4 heteroatoms. The van der Waals surface area contributed by atoms with E-state index in [1.807, 2.05) is 32.3 Å². The van der Waals surface area contributed by atoms with Crippen molar-refractivity contribution >= 4 is 23.3 Å². The molecule has 0 fully saturated rings. The zero-order chi connectivity index (χ0) is 16.2. The molecule has 0 spiro atoms. The lowest BCUT2D eigenvalue weighted by atomic mass is 9.95. The summed E-state index contributed by atoms with van der Waals surface area (Å²) in [5, 5.41) is 5.16. The Kier molecular flexibility index (Phi) is 4.94. The number of nitrogens with one attached hydrogen (secondary N) is 1. The van der Waals surface area contributed by atoms with Gasteiger partial charge < -0.3 is 10.2 Å². The molecule has 1 heterocycles. The van der Waals surface area contributed by atoms with E-state index in [-0.39, 0.29) is 11.9 Å². The number of thiophene rings is 1. The van der Waals surface area contributed by atoms with E-state index in [0.29, 0.717) is 6.54 Å². The maximum atomic E-state index is 12.5. The summed E-state index contributed by atoms with van der Waals surface area (Å²) in [4.78, 5) is 15.9. The lowest BCUT2D eigenvalue weighted by Crippen LogP contribution is -2.34. The molecular formula is C19H22N2OS. The average Bonchev–Trinajstić information content (AvgIpc) is 3.08. The third kappa shape index (κ3) is 3.71. The average molecular weight is 326 g/mol. The van der Waals surface area contributed by atoms with Crippen molar-refractivity contribution in [1.82, 2.24) is 10.2 Å². The Balaban J connectivity index is 1.68. The summed E-state index contributed by atoms with van der Waals surface area (Å²) >= 11 is 1.72. The number of aryl methyl sites for hydroxylation is 1. The number of benzene rings is 1. The fourth-order valence-corrected chi connectivity index (χ4v) is 3.81. The number of nitrogens with zero attached hydrogens (tertiary/aromatic N) is 1. The Morgan fingerprint density at radius 2 is 2.22 bits per heavy atom. The monoisotopic (exact) mass is 326 g/mol. The van der Waals surface area contributed by atoms with Crippen LogP contribution in [0.25, 0.3) is 6.08 Å². The molecule has 0 saturated carbocycles. The van der Waals surface area contributed by atoms with Gasteiger partial charge in [0.15, 0.2) is 0 Å². The highest BCUT2D eigenvalue weighted by molar-refractivity contribution is 7.10. The second-order valence-corrected chi connectivity index (χ2v) is 7.04. The third-order valence-electron chi connectivity index (χ3n) is 4.23. The van der Waals surface area contributed by atoms with Crippen LogP contribution in [-0.4, -0.2) is 31.4 Å². The molecule has 0 unspecified atom stereocenters. The summed E-state index contributed by atoms with van der Waals surface area (Å²) in [6, 6.07) is 10.4. The van der Waals surface area contributed by atoms with Crippen LogP contribution in [0.5, 0.6) is 0 Å². The zero-order valence-electron chi connectivity index (χ0n) is 13.6. The predicted molar refractivity (Wildman–Crippen MR) is 96.9 cm³/mol.